The van der Waals surface area contributed by atoms with E-state index in [4.69, 9.17) is 4.74 Å². The van der Waals surface area contributed by atoms with Crippen molar-refractivity contribution < 1.29 is 22.7 Å². The average molecular weight is 371 g/mol. The van der Waals surface area contributed by atoms with Crippen molar-refractivity contribution in [2.75, 3.05) is 25.0 Å². The maximum Gasteiger partial charge on any atom is 0.393 e. The number of ether oxygens (including phenoxy) is 1. The highest BCUT2D eigenvalue weighted by molar-refractivity contribution is 5.93. The van der Waals surface area contributed by atoms with Crippen LogP contribution in [0, 0.1) is 11.8 Å². The highest BCUT2D eigenvalue weighted by Crippen LogP contribution is 2.33. The Labute approximate surface area is 150 Å². The molecular weight excluding hydrogens is 347 g/mol. The molecule has 1 saturated heterocycles. The molecule has 0 aromatic carbocycles. The third-order valence-corrected chi connectivity index (χ3v) is 5.01. The zero-order valence-corrected chi connectivity index (χ0v) is 14.8. The fourth-order valence-electron chi connectivity index (χ4n) is 3.06. The number of aromatic nitrogens is 1. The third-order valence-electron chi connectivity index (χ3n) is 5.01. The molecule has 1 aliphatic heterocycles. The molecule has 1 aromatic rings. The van der Waals surface area contributed by atoms with Gasteiger partial charge in [-0.3, -0.25) is 9.69 Å². The standard InChI is InChI=1S/C18H24F3N3O2/c1-12(24-8-2-3-14(10-24)18(19,20)21)17(25)23-16-7-6-15(9-22-16)26-11-13-4-5-13/h6-7,9,12-14H,2-5,8,10-11H2,1H3,(H,22,23,25)/t12-,14-/m0/s1. The Balaban J connectivity index is 1.51. The number of nitrogens with zero attached hydrogens (tertiary/aromatic N) is 2. The van der Waals surface area contributed by atoms with Gasteiger partial charge in [0.2, 0.25) is 5.91 Å². The van der Waals surface area contributed by atoms with E-state index in [2.05, 4.69) is 10.3 Å². The molecule has 2 fully saturated rings. The molecule has 3 rings (SSSR count). The lowest BCUT2D eigenvalue weighted by molar-refractivity contribution is -0.188. The lowest BCUT2D eigenvalue weighted by Gasteiger charge is -2.36. The van der Waals surface area contributed by atoms with Crippen molar-refractivity contribution in [3.8, 4) is 5.75 Å². The molecule has 2 aliphatic rings. The van der Waals surface area contributed by atoms with E-state index < -0.39 is 18.1 Å². The van der Waals surface area contributed by atoms with Crippen LogP contribution in [0.1, 0.15) is 32.6 Å². The van der Waals surface area contributed by atoms with Crippen molar-refractivity contribution in [1.82, 2.24) is 9.88 Å². The van der Waals surface area contributed by atoms with Crippen LogP contribution >= 0.6 is 0 Å². The fourth-order valence-corrected chi connectivity index (χ4v) is 3.06. The highest BCUT2D eigenvalue weighted by atomic mass is 19.4. The predicted octanol–water partition coefficient (Wildman–Crippen LogP) is 3.47. The van der Waals surface area contributed by atoms with Crippen LogP contribution < -0.4 is 10.1 Å². The summed E-state index contributed by atoms with van der Waals surface area (Å²) in [5, 5.41) is 2.67. The molecule has 1 aliphatic carbocycles. The summed E-state index contributed by atoms with van der Waals surface area (Å²) in [7, 11) is 0. The van der Waals surface area contributed by atoms with Crippen LogP contribution in [-0.4, -0.2) is 47.7 Å². The number of halogens is 3. The van der Waals surface area contributed by atoms with Crippen molar-refractivity contribution in [2.45, 2.75) is 44.8 Å². The van der Waals surface area contributed by atoms with Crippen LogP contribution in [-0.2, 0) is 4.79 Å². The van der Waals surface area contributed by atoms with E-state index in [0.29, 0.717) is 37.1 Å². The zero-order chi connectivity index (χ0) is 18.7. The maximum absolute atomic E-state index is 12.9. The van der Waals surface area contributed by atoms with Gasteiger partial charge in [0, 0.05) is 6.54 Å². The van der Waals surface area contributed by atoms with Crippen molar-refractivity contribution in [1.29, 1.82) is 0 Å². The van der Waals surface area contributed by atoms with Crippen LogP contribution in [0.4, 0.5) is 19.0 Å². The minimum atomic E-state index is -4.22. The largest absolute Gasteiger partial charge is 0.492 e. The van der Waals surface area contributed by atoms with E-state index >= 15 is 0 Å². The summed E-state index contributed by atoms with van der Waals surface area (Å²) in [6.07, 6.45) is 0.289. The summed E-state index contributed by atoms with van der Waals surface area (Å²) in [4.78, 5) is 18.1. The number of anilines is 1. The van der Waals surface area contributed by atoms with E-state index in [1.807, 2.05) is 0 Å². The first kappa shape index (κ1) is 18.9. The molecule has 0 spiro atoms. The molecule has 0 bridgehead atoms. The van der Waals surface area contributed by atoms with Gasteiger partial charge in [-0.15, -0.1) is 0 Å². The number of carbonyl (C=O) groups is 1. The first-order valence-electron chi connectivity index (χ1n) is 9.03. The maximum atomic E-state index is 12.9. The van der Waals surface area contributed by atoms with Crippen LogP contribution in [0.2, 0.25) is 0 Å². The molecule has 26 heavy (non-hydrogen) atoms. The number of nitrogens with one attached hydrogen (secondary N) is 1. The monoisotopic (exact) mass is 371 g/mol. The Morgan fingerprint density at radius 2 is 2.15 bits per heavy atom. The summed E-state index contributed by atoms with van der Waals surface area (Å²) >= 11 is 0. The molecule has 0 radical (unpaired) electrons. The van der Waals surface area contributed by atoms with E-state index in [-0.39, 0.29) is 18.9 Å². The summed E-state index contributed by atoms with van der Waals surface area (Å²) in [5.74, 6) is -0.0724. The summed E-state index contributed by atoms with van der Waals surface area (Å²) in [5.41, 5.74) is 0. The minimum absolute atomic E-state index is 0.123. The van der Waals surface area contributed by atoms with Gasteiger partial charge in [-0.25, -0.2) is 4.98 Å². The van der Waals surface area contributed by atoms with Gasteiger partial charge in [0.1, 0.15) is 11.6 Å². The van der Waals surface area contributed by atoms with Gasteiger partial charge in [-0.1, -0.05) is 0 Å². The van der Waals surface area contributed by atoms with Gasteiger partial charge in [-0.2, -0.15) is 13.2 Å². The molecule has 1 amide bonds. The fraction of sp³-hybridized carbons (Fsp3) is 0.667. The van der Waals surface area contributed by atoms with Crippen LogP contribution in [0.3, 0.4) is 0 Å². The smallest absolute Gasteiger partial charge is 0.393 e. The first-order chi connectivity index (χ1) is 12.3. The quantitative estimate of drug-likeness (QED) is 0.832. The number of pyridine rings is 1. The number of likely N-dealkylation sites (tertiary alicyclic amines) is 1. The number of piperidine rings is 1. The Morgan fingerprint density at radius 1 is 1.38 bits per heavy atom. The predicted molar refractivity (Wildman–Crippen MR) is 90.9 cm³/mol. The van der Waals surface area contributed by atoms with E-state index in [0.717, 1.165) is 0 Å². The second-order valence-electron chi connectivity index (χ2n) is 7.17. The topological polar surface area (TPSA) is 54.5 Å². The average Bonchev–Trinajstić information content (AvgIpc) is 3.44. The van der Waals surface area contributed by atoms with Gasteiger partial charge in [0.25, 0.3) is 0 Å². The highest BCUT2D eigenvalue weighted by Gasteiger charge is 2.43. The van der Waals surface area contributed by atoms with E-state index in [9.17, 15) is 18.0 Å². The van der Waals surface area contributed by atoms with Gasteiger partial charge >= 0.3 is 6.18 Å². The van der Waals surface area contributed by atoms with Crippen LogP contribution in [0.25, 0.3) is 0 Å². The third kappa shape index (κ3) is 5.09. The second-order valence-corrected chi connectivity index (χ2v) is 7.17. The zero-order valence-electron chi connectivity index (χ0n) is 14.8. The van der Waals surface area contributed by atoms with E-state index in [1.165, 1.54) is 12.8 Å². The van der Waals surface area contributed by atoms with Crippen molar-refractivity contribution in [3.05, 3.63) is 18.3 Å². The molecule has 0 unspecified atom stereocenters. The number of alkyl halides is 3. The lowest BCUT2D eigenvalue weighted by Crippen LogP contribution is -2.49. The van der Waals surface area contributed by atoms with Crippen LogP contribution in [0.5, 0.6) is 5.75 Å². The van der Waals surface area contributed by atoms with Crippen molar-refractivity contribution >= 4 is 11.7 Å². The first-order valence-corrected chi connectivity index (χ1v) is 9.03. The van der Waals surface area contributed by atoms with Crippen molar-refractivity contribution in [3.63, 3.8) is 0 Å². The Bertz CT molecular complexity index is 617. The second kappa shape index (κ2) is 7.82. The van der Waals surface area contributed by atoms with Crippen molar-refractivity contribution in [2.24, 2.45) is 11.8 Å². The van der Waals surface area contributed by atoms with Gasteiger partial charge in [0.05, 0.1) is 24.8 Å². The minimum Gasteiger partial charge on any atom is -0.492 e. The Kier molecular flexibility index (Phi) is 5.70. The molecular formula is C18H24F3N3O2. The molecule has 5 nitrogen and oxygen atoms in total. The number of rotatable bonds is 6. The Hall–Kier alpha value is -1.83. The molecule has 2 atom stereocenters. The number of hydrogen-bond donors (Lipinski definition) is 1. The molecule has 1 aromatic heterocycles. The number of hydrogen-bond acceptors (Lipinski definition) is 4. The molecule has 8 heteroatoms. The summed E-state index contributed by atoms with van der Waals surface area (Å²) < 4.78 is 44.4. The normalized spacial score (nSPS) is 22.7. The summed E-state index contributed by atoms with van der Waals surface area (Å²) in [6.45, 7) is 2.66. The molecule has 1 saturated carbocycles. The van der Waals surface area contributed by atoms with Gasteiger partial charge in [0.15, 0.2) is 0 Å². The Morgan fingerprint density at radius 3 is 2.77 bits per heavy atom. The van der Waals surface area contributed by atoms with Gasteiger partial charge < -0.3 is 10.1 Å². The number of amides is 1. The number of carbonyl (C=O) groups excluding carboxylic acids is 1. The molecule has 1 N–H and O–H groups in total. The van der Waals surface area contributed by atoms with Crippen LogP contribution in [0.15, 0.2) is 18.3 Å². The molecule has 2 heterocycles. The summed E-state index contributed by atoms with van der Waals surface area (Å²) in [6, 6.07) is 2.73. The lowest BCUT2D eigenvalue weighted by atomic mass is 9.96. The molecule has 144 valence electrons. The SMILES string of the molecule is C[C@@H](C(=O)Nc1ccc(OCC2CC2)cn1)N1CCC[C@H](C(F)(F)F)C1. The van der Waals surface area contributed by atoms with E-state index in [1.54, 1.807) is 30.2 Å². The van der Waals surface area contributed by atoms with Gasteiger partial charge in [-0.05, 0) is 57.2 Å².